The van der Waals surface area contributed by atoms with Gasteiger partial charge in [0, 0.05) is 58.3 Å². The molecular formula is C13H21N3O. The highest BCUT2D eigenvalue weighted by atomic mass is 16.3. The van der Waals surface area contributed by atoms with E-state index in [1.807, 2.05) is 18.5 Å². The van der Waals surface area contributed by atoms with Gasteiger partial charge in [0.25, 0.3) is 0 Å². The van der Waals surface area contributed by atoms with Crippen LogP contribution in [0.15, 0.2) is 24.5 Å². The molecule has 1 saturated heterocycles. The van der Waals surface area contributed by atoms with Crippen LogP contribution >= 0.6 is 0 Å². The normalized spacial score (nSPS) is 18.4. The van der Waals surface area contributed by atoms with E-state index in [9.17, 15) is 0 Å². The number of aliphatic hydroxyl groups excluding tert-OH is 1. The lowest BCUT2D eigenvalue weighted by atomic mass is 10.2. The molecule has 0 spiro atoms. The maximum atomic E-state index is 8.80. The summed E-state index contributed by atoms with van der Waals surface area (Å²) in [4.78, 5) is 9.03. The van der Waals surface area contributed by atoms with Crippen LogP contribution in [0.5, 0.6) is 0 Å². The van der Waals surface area contributed by atoms with Crippen molar-refractivity contribution in [3.63, 3.8) is 0 Å². The smallest absolute Gasteiger partial charge is 0.0443 e. The molecule has 17 heavy (non-hydrogen) atoms. The molecule has 0 amide bonds. The minimum absolute atomic E-state index is 0.301. The Morgan fingerprint density at radius 2 is 1.94 bits per heavy atom. The minimum Gasteiger partial charge on any atom is -0.396 e. The fourth-order valence-electron chi connectivity index (χ4n) is 2.22. The molecule has 1 N–H and O–H groups in total. The van der Waals surface area contributed by atoms with Crippen LogP contribution in [0.1, 0.15) is 12.0 Å². The van der Waals surface area contributed by atoms with Crippen LogP contribution in [0.4, 0.5) is 0 Å². The number of hydrogen-bond acceptors (Lipinski definition) is 4. The number of aromatic nitrogens is 1. The Morgan fingerprint density at radius 3 is 2.59 bits per heavy atom. The SMILES string of the molecule is OCCCN1CCN(Cc2cccnc2)CC1. The van der Waals surface area contributed by atoms with Gasteiger partial charge in [0.05, 0.1) is 0 Å². The van der Waals surface area contributed by atoms with Crippen molar-refractivity contribution in [3.05, 3.63) is 30.1 Å². The molecule has 1 aromatic heterocycles. The molecule has 1 fully saturated rings. The van der Waals surface area contributed by atoms with Crippen molar-refractivity contribution >= 4 is 0 Å². The second-order valence-electron chi connectivity index (χ2n) is 4.56. The molecule has 4 nitrogen and oxygen atoms in total. The molecule has 0 atom stereocenters. The molecule has 1 aromatic rings. The van der Waals surface area contributed by atoms with E-state index in [-0.39, 0.29) is 0 Å². The van der Waals surface area contributed by atoms with E-state index >= 15 is 0 Å². The number of nitrogens with zero attached hydrogens (tertiary/aromatic N) is 3. The van der Waals surface area contributed by atoms with Crippen molar-refractivity contribution < 1.29 is 5.11 Å². The summed E-state index contributed by atoms with van der Waals surface area (Å²) in [5.74, 6) is 0. The Balaban J connectivity index is 1.72. The molecule has 0 unspecified atom stereocenters. The predicted molar refractivity (Wildman–Crippen MR) is 67.7 cm³/mol. The second-order valence-corrected chi connectivity index (χ2v) is 4.56. The average Bonchev–Trinajstić information content (AvgIpc) is 2.39. The molecule has 0 aliphatic carbocycles. The first-order valence-electron chi connectivity index (χ1n) is 6.33. The van der Waals surface area contributed by atoms with Gasteiger partial charge in [-0.3, -0.25) is 9.88 Å². The van der Waals surface area contributed by atoms with Crippen molar-refractivity contribution in [1.29, 1.82) is 0 Å². The first-order valence-corrected chi connectivity index (χ1v) is 6.33. The van der Waals surface area contributed by atoms with E-state index < -0.39 is 0 Å². The zero-order valence-electron chi connectivity index (χ0n) is 10.3. The third kappa shape index (κ3) is 4.07. The number of rotatable bonds is 5. The second kappa shape index (κ2) is 6.69. The minimum atomic E-state index is 0.301. The van der Waals surface area contributed by atoms with Gasteiger partial charge in [-0.2, -0.15) is 0 Å². The number of aliphatic hydroxyl groups is 1. The lowest BCUT2D eigenvalue weighted by Gasteiger charge is -2.34. The maximum Gasteiger partial charge on any atom is 0.0443 e. The van der Waals surface area contributed by atoms with E-state index in [2.05, 4.69) is 20.9 Å². The van der Waals surface area contributed by atoms with Crippen LogP contribution in [0.3, 0.4) is 0 Å². The summed E-state index contributed by atoms with van der Waals surface area (Å²) in [6.07, 6.45) is 4.65. The van der Waals surface area contributed by atoms with Crippen molar-refractivity contribution in [2.75, 3.05) is 39.3 Å². The molecule has 1 aliphatic rings. The summed E-state index contributed by atoms with van der Waals surface area (Å²) in [6, 6.07) is 4.12. The van der Waals surface area contributed by atoms with Gasteiger partial charge in [0.1, 0.15) is 0 Å². The quantitative estimate of drug-likeness (QED) is 0.810. The van der Waals surface area contributed by atoms with Crippen LogP contribution in [-0.2, 0) is 6.54 Å². The first-order chi connectivity index (χ1) is 8.38. The third-order valence-electron chi connectivity index (χ3n) is 3.23. The largest absolute Gasteiger partial charge is 0.396 e. The third-order valence-corrected chi connectivity index (χ3v) is 3.23. The van der Waals surface area contributed by atoms with Gasteiger partial charge in [0.15, 0.2) is 0 Å². The average molecular weight is 235 g/mol. The standard InChI is InChI=1S/C13H21N3O/c17-10-2-5-15-6-8-16(9-7-15)12-13-3-1-4-14-11-13/h1,3-4,11,17H,2,5-10,12H2. The van der Waals surface area contributed by atoms with E-state index in [0.717, 1.165) is 45.7 Å². The summed E-state index contributed by atoms with van der Waals surface area (Å²) in [7, 11) is 0. The van der Waals surface area contributed by atoms with Crippen molar-refractivity contribution in [1.82, 2.24) is 14.8 Å². The molecule has 1 aliphatic heterocycles. The van der Waals surface area contributed by atoms with E-state index in [1.54, 1.807) is 0 Å². The highest BCUT2D eigenvalue weighted by Gasteiger charge is 2.16. The van der Waals surface area contributed by atoms with Gasteiger partial charge in [-0.1, -0.05) is 6.07 Å². The van der Waals surface area contributed by atoms with E-state index in [0.29, 0.717) is 6.61 Å². The Labute approximate surface area is 103 Å². The van der Waals surface area contributed by atoms with E-state index in [1.165, 1.54) is 5.56 Å². The highest BCUT2D eigenvalue weighted by Crippen LogP contribution is 2.07. The van der Waals surface area contributed by atoms with Crippen LogP contribution in [0.25, 0.3) is 0 Å². The monoisotopic (exact) mass is 235 g/mol. The zero-order chi connectivity index (χ0) is 11.9. The van der Waals surface area contributed by atoms with Crippen molar-refractivity contribution in [3.8, 4) is 0 Å². The van der Waals surface area contributed by atoms with Gasteiger partial charge in [-0.15, -0.1) is 0 Å². The molecular weight excluding hydrogens is 214 g/mol. The van der Waals surface area contributed by atoms with E-state index in [4.69, 9.17) is 5.11 Å². The fraction of sp³-hybridized carbons (Fsp3) is 0.615. The molecule has 0 aromatic carbocycles. The Hall–Kier alpha value is -0.970. The van der Waals surface area contributed by atoms with Crippen LogP contribution in [0.2, 0.25) is 0 Å². The number of pyridine rings is 1. The Kier molecular flexibility index (Phi) is 4.91. The van der Waals surface area contributed by atoms with Crippen molar-refractivity contribution in [2.45, 2.75) is 13.0 Å². The lowest BCUT2D eigenvalue weighted by Crippen LogP contribution is -2.46. The predicted octanol–water partition coefficient (Wildman–Crippen LogP) is 0.582. The highest BCUT2D eigenvalue weighted by molar-refractivity contribution is 5.08. The van der Waals surface area contributed by atoms with Gasteiger partial charge in [-0.25, -0.2) is 0 Å². The fourth-order valence-corrected chi connectivity index (χ4v) is 2.22. The van der Waals surface area contributed by atoms with Gasteiger partial charge < -0.3 is 10.0 Å². The van der Waals surface area contributed by atoms with Crippen molar-refractivity contribution in [2.24, 2.45) is 0 Å². The molecule has 94 valence electrons. The van der Waals surface area contributed by atoms with Crippen LogP contribution in [-0.4, -0.2) is 59.2 Å². The topological polar surface area (TPSA) is 39.6 Å². The summed E-state index contributed by atoms with van der Waals surface area (Å²) in [5.41, 5.74) is 1.29. The molecule has 2 rings (SSSR count). The van der Waals surface area contributed by atoms with Crippen LogP contribution in [0, 0.1) is 0 Å². The number of piperazine rings is 1. The zero-order valence-corrected chi connectivity index (χ0v) is 10.3. The summed E-state index contributed by atoms with van der Waals surface area (Å²) < 4.78 is 0. The summed E-state index contributed by atoms with van der Waals surface area (Å²) in [6.45, 7) is 6.77. The first kappa shape index (κ1) is 12.5. The Bertz CT molecular complexity index is 310. The molecule has 4 heteroatoms. The molecule has 0 radical (unpaired) electrons. The lowest BCUT2D eigenvalue weighted by molar-refractivity contribution is 0.120. The van der Waals surface area contributed by atoms with Gasteiger partial charge >= 0.3 is 0 Å². The number of hydrogen-bond donors (Lipinski definition) is 1. The molecule has 2 heterocycles. The van der Waals surface area contributed by atoms with Gasteiger partial charge in [-0.05, 0) is 18.1 Å². The molecule has 0 bridgehead atoms. The molecule has 0 saturated carbocycles. The summed E-state index contributed by atoms with van der Waals surface area (Å²) in [5, 5.41) is 8.80. The van der Waals surface area contributed by atoms with Gasteiger partial charge in [0.2, 0.25) is 0 Å². The summed E-state index contributed by atoms with van der Waals surface area (Å²) >= 11 is 0. The Morgan fingerprint density at radius 1 is 1.18 bits per heavy atom. The maximum absolute atomic E-state index is 8.80. The van der Waals surface area contributed by atoms with Crippen LogP contribution < -0.4 is 0 Å².